The van der Waals surface area contributed by atoms with Crippen molar-refractivity contribution >= 4 is 33.2 Å². The Balaban J connectivity index is 2.69. The van der Waals surface area contributed by atoms with Crippen LogP contribution in [0.25, 0.3) is 0 Å². The van der Waals surface area contributed by atoms with Crippen molar-refractivity contribution < 1.29 is 18.3 Å². The van der Waals surface area contributed by atoms with Gasteiger partial charge >= 0.3 is 0 Å². The minimum absolute atomic E-state index is 0.0576. The Morgan fingerprint density at radius 2 is 1.51 bits per heavy atom. The van der Waals surface area contributed by atoms with E-state index in [-0.39, 0.29) is 16.5 Å². The Morgan fingerprint density at radius 3 is 2.08 bits per heavy atom. The third-order valence-corrected chi connectivity index (χ3v) is 7.83. The van der Waals surface area contributed by atoms with Gasteiger partial charge in [0.1, 0.15) is 5.75 Å². The van der Waals surface area contributed by atoms with Gasteiger partial charge in [-0.1, -0.05) is 110 Å². The number of hydrogen-bond donors (Lipinski definition) is 3. The highest BCUT2D eigenvalue weighted by Gasteiger charge is 2.22. The molecule has 1 amide bonds. The normalized spacial score (nSPS) is 13.1. The summed E-state index contributed by atoms with van der Waals surface area (Å²) in [5.74, 6) is -0.0895. The van der Waals surface area contributed by atoms with E-state index in [9.17, 15) is 18.3 Å². The molecule has 1 aromatic rings. The van der Waals surface area contributed by atoms with Crippen molar-refractivity contribution in [2.24, 2.45) is 5.92 Å². The van der Waals surface area contributed by atoms with Crippen molar-refractivity contribution in [2.75, 3.05) is 11.3 Å². The van der Waals surface area contributed by atoms with Crippen LogP contribution >= 0.6 is 11.6 Å². The van der Waals surface area contributed by atoms with Crippen molar-refractivity contribution in [3.8, 4) is 5.75 Å². The van der Waals surface area contributed by atoms with Crippen LogP contribution in [-0.2, 0) is 20.2 Å². The number of unbranched alkanes of at least 4 members (excludes halogenated alkanes) is 8. The van der Waals surface area contributed by atoms with Crippen LogP contribution in [0.2, 0.25) is 5.02 Å². The number of halogens is 1. The highest BCUT2D eigenvalue weighted by molar-refractivity contribution is 7.95. The second-order valence-electron chi connectivity index (χ2n) is 11.1. The van der Waals surface area contributed by atoms with Gasteiger partial charge in [0.25, 0.3) is 10.0 Å². The van der Waals surface area contributed by atoms with Crippen molar-refractivity contribution in [2.45, 2.75) is 117 Å². The quantitative estimate of drug-likeness (QED) is 0.0967. The fourth-order valence-electron chi connectivity index (χ4n) is 4.30. The van der Waals surface area contributed by atoms with Crippen molar-refractivity contribution in [3.63, 3.8) is 0 Å². The first-order valence-corrected chi connectivity index (χ1v) is 15.8. The lowest BCUT2D eigenvalue weighted by atomic mass is 9.86. The minimum atomic E-state index is -3.94. The van der Waals surface area contributed by atoms with Crippen molar-refractivity contribution in [3.05, 3.63) is 34.2 Å². The van der Waals surface area contributed by atoms with Gasteiger partial charge in [-0.3, -0.25) is 9.52 Å². The summed E-state index contributed by atoms with van der Waals surface area (Å²) in [5, 5.41) is 14.1. The predicted molar refractivity (Wildman–Crippen MR) is 157 cm³/mol. The Labute approximate surface area is 230 Å². The second-order valence-corrected chi connectivity index (χ2v) is 13.0. The van der Waals surface area contributed by atoms with E-state index in [0.29, 0.717) is 18.0 Å². The second kappa shape index (κ2) is 17.0. The van der Waals surface area contributed by atoms with Crippen LogP contribution in [0.3, 0.4) is 0 Å². The molecule has 8 heteroatoms. The smallest absolute Gasteiger partial charge is 0.255 e. The first-order chi connectivity index (χ1) is 17.4. The number of hydrogen-bond acceptors (Lipinski definition) is 4. The van der Waals surface area contributed by atoms with E-state index in [4.69, 9.17) is 11.6 Å². The molecule has 3 N–H and O–H groups in total. The van der Waals surface area contributed by atoms with E-state index in [1.807, 2.05) is 20.8 Å². The third-order valence-electron chi connectivity index (χ3n) is 6.53. The van der Waals surface area contributed by atoms with Crippen LogP contribution in [0.5, 0.6) is 5.75 Å². The number of nitrogens with one attached hydrogen (secondary N) is 2. The molecule has 37 heavy (non-hydrogen) atoms. The zero-order valence-electron chi connectivity index (χ0n) is 23.5. The lowest BCUT2D eigenvalue weighted by Gasteiger charge is -2.22. The number of carbonyl (C=O) groups excluding carboxylic acids is 1. The average molecular weight is 557 g/mol. The number of anilines is 1. The molecule has 0 spiro atoms. The zero-order chi connectivity index (χ0) is 27.9. The molecule has 0 aromatic heterocycles. The number of aromatic hydroxyl groups is 1. The summed E-state index contributed by atoms with van der Waals surface area (Å²) < 4.78 is 27.6. The molecule has 0 saturated heterocycles. The van der Waals surface area contributed by atoms with Gasteiger partial charge in [0.05, 0.1) is 16.1 Å². The zero-order valence-corrected chi connectivity index (χ0v) is 25.1. The van der Waals surface area contributed by atoms with Gasteiger partial charge in [-0.05, 0) is 36.3 Å². The van der Waals surface area contributed by atoms with Crippen molar-refractivity contribution in [1.82, 2.24) is 5.32 Å². The monoisotopic (exact) mass is 556 g/mol. The first kappa shape index (κ1) is 33.3. The van der Waals surface area contributed by atoms with Crippen LogP contribution in [-0.4, -0.2) is 26.0 Å². The number of rotatable bonds is 18. The van der Waals surface area contributed by atoms with Crippen LogP contribution in [0.1, 0.15) is 117 Å². The summed E-state index contributed by atoms with van der Waals surface area (Å²) in [7, 11) is -3.94. The molecule has 1 atom stereocenters. The van der Waals surface area contributed by atoms with Crippen LogP contribution < -0.4 is 10.0 Å². The van der Waals surface area contributed by atoms with Gasteiger partial charge in [0, 0.05) is 18.2 Å². The molecule has 0 fully saturated rings. The Hall–Kier alpha value is -1.73. The molecule has 1 aromatic carbocycles. The number of sulfonamides is 1. The van der Waals surface area contributed by atoms with Crippen molar-refractivity contribution in [1.29, 1.82) is 0 Å². The Morgan fingerprint density at radius 1 is 0.973 bits per heavy atom. The topological polar surface area (TPSA) is 95.5 Å². The van der Waals surface area contributed by atoms with Gasteiger partial charge in [0.15, 0.2) is 0 Å². The van der Waals surface area contributed by atoms with E-state index >= 15 is 0 Å². The Kier molecular flexibility index (Phi) is 15.3. The van der Waals surface area contributed by atoms with E-state index < -0.39 is 21.3 Å². The fourth-order valence-corrected chi connectivity index (χ4v) is 5.34. The van der Waals surface area contributed by atoms with Gasteiger partial charge < -0.3 is 10.4 Å². The molecule has 0 heterocycles. The summed E-state index contributed by atoms with van der Waals surface area (Å²) >= 11 is 6.11. The number of carbonyl (C=O) groups is 1. The highest BCUT2D eigenvalue weighted by Crippen LogP contribution is 2.38. The van der Waals surface area contributed by atoms with Gasteiger partial charge in [0.2, 0.25) is 5.91 Å². The number of benzene rings is 1. The molecule has 0 aliphatic rings. The van der Waals surface area contributed by atoms with E-state index in [1.165, 1.54) is 57.4 Å². The van der Waals surface area contributed by atoms with Crippen LogP contribution in [0.4, 0.5) is 5.69 Å². The molecule has 0 aliphatic carbocycles. The molecule has 0 saturated carbocycles. The van der Waals surface area contributed by atoms with Crippen LogP contribution in [0.15, 0.2) is 23.6 Å². The van der Waals surface area contributed by atoms with E-state index in [0.717, 1.165) is 37.2 Å². The van der Waals surface area contributed by atoms with Gasteiger partial charge in [-0.15, -0.1) is 0 Å². The van der Waals surface area contributed by atoms with Gasteiger partial charge in [-0.2, -0.15) is 0 Å². The average Bonchev–Trinajstić information content (AvgIpc) is 2.81. The predicted octanol–water partition coefficient (Wildman–Crippen LogP) is 8.05. The molecule has 6 nitrogen and oxygen atoms in total. The molecule has 1 unspecified atom stereocenters. The summed E-state index contributed by atoms with van der Waals surface area (Å²) in [6.45, 7) is 10.7. The molecule has 1 rings (SSSR count). The Bertz CT molecular complexity index is 955. The number of phenolic OH excluding ortho intramolecular Hbond substituents is 1. The van der Waals surface area contributed by atoms with Crippen LogP contribution in [0, 0.1) is 5.92 Å². The number of amides is 1. The molecular weight excluding hydrogens is 508 g/mol. The maximum absolute atomic E-state index is 12.6. The molecule has 0 radical (unpaired) electrons. The minimum Gasteiger partial charge on any atom is -0.506 e. The third kappa shape index (κ3) is 14.1. The maximum atomic E-state index is 12.6. The molecule has 0 bridgehead atoms. The first-order valence-electron chi connectivity index (χ1n) is 13.9. The maximum Gasteiger partial charge on any atom is 0.255 e. The fraction of sp³-hybridized carbons (Fsp3) is 0.690. The van der Waals surface area contributed by atoms with E-state index in [1.54, 1.807) is 6.07 Å². The summed E-state index contributed by atoms with van der Waals surface area (Å²) in [6.07, 6.45) is 15.5. The number of phenols is 1. The molecule has 0 aliphatic heterocycles. The summed E-state index contributed by atoms with van der Waals surface area (Å²) in [4.78, 5) is 12.4. The molecule has 212 valence electrons. The van der Waals surface area contributed by atoms with E-state index in [2.05, 4.69) is 23.9 Å². The molecular formula is C29H49ClN2O4S. The lowest BCUT2D eigenvalue weighted by molar-refractivity contribution is -0.116. The summed E-state index contributed by atoms with van der Waals surface area (Å²) in [5.41, 5.74) is 0.312. The van der Waals surface area contributed by atoms with Gasteiger partial charge in [-0.25, -0.2) is 8.42 Å². The largest absolute Gasteiger partial charge is 0.506 e. The standard InChI is InChI=1S/C29H49ClN2O4S/c1-6-8-10-12-13-15-17-23(16-14-11-9-7-2)22-31-27(33)18-19-37(35,36)32-24-20-25(29(3,4)5)28(34)26(30)21-24/h18-21,23,32,34H,6-17,22H2,1-5H3,(H,31,33). The highest BCUT2D eigenvalue weighted by atomic mass is 35.5. The lowest BCUT2D eigenvalue weighted by Crippen LogP contribution is -2.28. The SMILES string of the molecule is CCCCCCCCC(CCCCCC)CNC(=O)C=CS(=O)(=O)Nc1cc(Cl)c(O)c(C(C)(C)C)c1. The summed E-state index contributed by atoms with van der Waals surface area (Å²) in [6, 6.07) is 2.90.